The van der Waals surface area contributed by atoms with E-state index in [9.17, 15) is 4.79 Å². The lowest BCUT2D eigenvalue weighted by atomic mass is 9.94. The highest BCUT2D eigenvalue weighted by molar-refractivity contribution is 6.74. The number of hydrogen-bond acceptors (Lipinski definition) is 2. The van der Waals surface area contributed by atoms with Crippen molar-refractivity contribution >= 4 is 14.2 Å². The van der Waals surface area contributed by atoms with Crippen LogP contribution in [-0.2, 0) is 9.22 Å². The largest absolute Gasteiger partial charge is 0.413 e. The summed E-state index contributed by atoms with van der Waals surface area (Å²) >= 11 is 0. The standard InChI is InChI=1S/C13H29NO2Si/c1-9(2)11(10(3)12(14)15)16-17(7,8)13(4,5)6/h9-11H,1-8H3,(H2,14,15)/t10?,11-/m1/s1. The summed E-state index contributed by atoms with van der Waals surface area (Å²) in [7, 11) is -1.85. The third kappa shape index (κ3) is 4.43. The Hall–Kier alpha value is -0.353. The topological polar surface area (TPSA) is 52.3 Å². The number of hydrogen-bond donors (Lipinski definition) is 1. The second kappa shape index (κ2) is 5.53. The van der Waals surface area contributed by atoms with Crippen molar-refractivity contribution in [3.63, 3.8) is 0 Å². The number of primary amides is 1. The molecule has 0 bridgehead atoms. The van der Waals surface area contributed by atoms with Gasteiger partial charge in [-0.05, 0) is 24.1 Å². The van der Waals surface area contributed by atoms with Crippen molar-refractivity contribution in [2.24, 2.45) is 17.6 Å². The van der Waals surface area contributed by atoms with Crippen molar-refractivity contribution in [2.75, 3.05) is 0 Å². The third-order valence-corrected chi connectivity index (χ3v) is 8.31. The predicted octanol–water partition coefficient (Wildman–Crippen LogP) is 3.15. The molecule has 0 fully saturated rings. The van der Waals surface area contributed by atoms with Crippen LogP contribution in [0.4, 0.5) is 0 Å². The van der Waals surface area contributed by atoms with E-state index >= 15 is 0 Å². The first kappa shape index (κ1) is 16.6. The molecule has 0 rings (SSSR count). The summed E-state index contributed by atoms with van der Waals surface area (Å²) in [5, 5.41) is 0.150. The molecule has 0 aromatic heterocycles. The second-order valence-electron chi connectivity index (χ2n) is 6.78. The van der Waals surface area contributed by atoms with Crippen molar-refractivity contribution in [3.8, 4) is 0 Å². The fourth-order valence-corrected chi connectivity index (χ4v) is 3.00. The van der Waals surface area contributed by atoms with Gasteiger partial charge in [-0.1, -0.05) is 41.5 Å². The van der Waals surface area contributed by atoms with Gasteiger partial charge in [-0.3, -0.25) is 4.79 Å². The first-order valence-electron chi connectivity index (χ1n) is 6.37. The predicted molar refractivity (Wildman–Crippen MR) is 75.3 cm³/mol. The molecule has 2 N–H and O–H groups in total. The Balaban J connectivity index is 4.96. The molecule has 0 aromatic rings. The van der Waals surface area contributed by atoms with Crippen LogP contribution in [0.2, 0.25) is 18.1 Å². The van der Waals surface area contributed by atoms with Crippen LogP contribution < -0.4 is 5.73 Å². The smallest absolute Gasteiger partial charge is 0.222 e. The lowest BCUT2D eigenvalue weighted by Crippen LogP contribution is -2.49. The van der Waals surface area contributed by atoms with Gasteiger partial charge in [-0.15, -0.1) is 0 Å². The Morgan fingerprint density at radius 1 is 1.18 bits per heavy atom. The maximum Gasteiger partial charge on any atom is 0.222 e. The van der Waals surface area contributed by atoms with E-state index in [1.807, 2.05) is 6.92 Å². The van der Waals surface area contributed by atoms with Gasteiger partial charge in [0.25, 0.3) is 0 Å². The van der Waals surface area contributed by atoms with Gasteiger partial charge < -0.3 is 10.2 Å². The molecule has 102 valence electrons. The molecule has 0 aromatic carbocycles. The Bertz CT molecular complexity index is 269. The van der Waals surface area contributed by atoms with E-state index in [4.69, 9.17) is 10.2 Å². The summed E-state index contributed by atoms with van der Waals surface area (Å²) < 4.78 is 6.32. The molecule has 0 heterocycles. The number of amides is 1. The van der Waals surface area contributed by atoms with E-state index < -0.39 is 8.32 Å². The zero-order valence-corrected chi connectivity index (χ0v) is 13.6. The average molecular weight is 259 g/mol. The molecule has 1 amide bonds. The number of rotatable bonds is 5. The number of nitrogens with two attached hydrogens (primary N) is 1. The fraction of sp³-hybridized carbons (Fsp3) is 0.923. The van der Waals surface area contributed by atoms with Crippen molar-refractivity contribution in [3.05, 3.63) is 0 Å². The maximum absolute atomic E-state index is 11.3. The summed E-state index contributed by atoms with van der Waals surface area (Å²) in [6.07, 6.45) is -0.0756. The van der Waals surface area contributed by atoms with Crippen LogP contribution in [0.15, 0.2) is 0 Å². The quantitative estimate of drug-likeness (QED) is 0.771. The van der Waals surface area contributed by atoms with E-state index in [1.165, 1.54) is 0 Å². The van der Waals surface area contributed by atoms with Crippen molar-refractivity contribution < 1.29 is 9.22 Å². The van der Waals surface area contributed by atoms with Crippen LogP contribution in [0.25, 0.3) is 0 Å². The summed E-state index contributed by atoms with van der Waals surface area (Å²) in [6.45, 7) is 17.0. The zero-order valence-electron chi connectivity index (χ0n) is 12.6. The molecular formula is C13H29NO2Si. The summed E-state index contributed by atoms with van der Waals surface area (Å²) in [5.41, 5.74) is 5.40. The first-order valence-corrected chi connectivity index (χ1v) is 9.28. The Morgan fingerprint density at radius 2 is 1.59 bits per heavy atom. The molecule has 0 spiro atoms. The highest BCUT2D eigenvalue weighted by Gasteiger charge is 2.41. The van der Waals surface area contributed by atoms with Crippen molar-refractivity contribution in [1.82, 2.24) is 0 Å². The Labute approximate surface area is 107 Å². The minimum absolute atomic E-state index is 0.0756. The van der Waals surface area contributed by atoms with Crippen molar-refractivity contribution in [2.45, 2.75) is 65.8 Å². The summed E-state index contributed by atoms with van der Waals surface area (Å²) in [5.74, 6) is -0.210. The monoisotopic (exact) mass is 259 g/mol. The number of carbonyl (C=O) groups is 1. The lowest BCUT2D eigenvalue weighted by molar-refractivity contribution is -0.125. The highest BCUT2D eigenvalue weighted by atomic mass is 28.4. The number of carbonyl (C=O) groups excluding carboxylic acids is 1. The molecule has 0 aliphatic carbocycles. The Morgan fingerprint density at radius 3 is 1.82 bits per heavy atom. The molecule has 17 heavy (non-hydrogen) atoms. The minimum Gasteiger partial charge on any atom is -0.413 e. The van der Waals surface area contributed by atoms with E-state index in [0.29, 0.717) is 5.92 Å². The lowest BCUT2D eigenvalue weighted by Gasteiger charge is -2.41. The average Bonchev–Trinajstić information content (AvgIpc) is 2.10. The molecule has 4 heteroatoms. The van der Waals surface area contributed by atoms with Gasteiger partial charge in [0.2, 0.25) is 5.91 Å². The minimum atomic E-state index is -1.85. The van der Waals surface area contributed by atoms with E-state index in [2.05, 4.69) is 47.7 Å². The normalized spacial score (nSPS) is 17.0. The zero-order chi connectivity index (χ0) is 14.0. The van der Waals surface area contributed by atoms with Crippen LogP contribution in [0.3, 0.4) is 0 Å². The van der Waals surface area contributed by atoms with Gasteiger partial charge in [0.15, 0.2) is 8.32 Å². The Kier molecular flexibility index (Phi) is 5.41. The van der Waals surface area contributed by atoms with Gasteiger partial charge in [-0.25, -0.2) is 0 Å². The van der Waals surface area contributed by atoms with Gasteiger partial charge in [0, 0.05) is 0 Å². The van der Waals surface area contributed by atoms with E-state index in [-0.39, 0.29) is 23.0 Å². The summed E-state index contributed by atoms with van der Waals surface area (Å²) in [4.78, 5) is 11.3. The highest BCUT2D eigenvalue weighted by Crippen LogP contribution is 2.39. The van der Waals surface area contributed by atoms with Crippen LogP contribution >= 0.6 is 0 Å². The van der Waals surface area contributed by atoms with Gasteiger partial charge in [0.1, 0.15) is 0 Å². The fourth-order valence-electron chi connectivity index (χ4n) is 1.49. The van der Waals surface area contributed by atoms with E-state index in [0.717, 1.165) is 0 Å². The molecule has 3 nitrogen and oxygen atoms in total. The molecule has 0 radical (unpaired) electrons. The van der Waals surface area contributed by atoms with Crippen LogP contribution in [0.5, 0.6) is 0 Å². The van der Waals surface area contributed by atoms with Crippen LogP contribution in [0, 0.1) is 11.8 Å². The van der Waals surface area contributed by atoms with Crippen molar-refractivity contribution in [1.29, 1.82) is 0 Å². The maximum atomic E-state index is 11.3. The molecule has 0 saturated heterocycles. The van der Waals surface area contributed by atoms with Gasteiger partial charge >= 0.3 is 0 Å². The van der Waals surface area contributed by atoms with Gasteiger partial charge in [0.05, 0.1) is 12.0 Å². The molecule has 2 atom stereocenters. The van der Waals surface area contributed by atoms with Gasteiger partial charge in [-0.2, -0.15) is 0 Å². The first-order chi connectivity index (χ1) is 7.40. The van der Waals surface area contributed by atoms with Crippen LogP contribution in [0.1, 0.15) is 41.5 Å². The summed E-state index contributed by atoms with van der Waals surface area (Å²) in [6, 6.07) is 0. The third-order valence-electron chi connectivity index (χ3n) is 3.84. The second-order valence-corrected chi connectivity index (χ2v) is 11.5. The molecule has 0 aliphatic rings. The molecular weight excluding hydrogens is 230 g/mol. The SMILES string of the molecule is CC(C)[C@@H](O[Si](C)(C)C(C)(C)C)C(C)C(N)=O. The van der Waals surface area contributed by atoms with Crippen LogP contribution in [-0.4, -0.2) is 20.3 Å². The molecule has 0 saturated carbocycles. The molecule has 0 aliphatic heterocycles. The molecule has 1 unspecified atom stereocenters. The van der Waals surface area contributed by atoms with E-state index in [1.54, 1.807) is 0 Å².